The number of anilines is 1. The maximum atomic E-state index is 5.64. The third-order valence-corrected chi connectivity index (χ3v) is 2.50. The van der Waals surface area contributed by atoms with Gasteiger partial charge in [0, 0.05) is 11.4 Å². The van der Waals surface area contributed by atoms with Gasteiger partial charge in [-0.1, -0.05) is 16.8 Å². The van der Waals surface area contributed by atoms with Gasteiger partial charge in [0.1, 0.15) is 5.15 Å². The predicted octanol–water partition coefficient (Wildman–Crippen LogP) is 2.40. The highest BCUT2D eigenvalue weighted by Crippen LogP contribution is 2.19. The van der Waals surface area contributed by atoms with Crippen molar-refractivity contribution < 1.29 is 4.52 Å². The van der Waals surface area contributed by atoms with E-state index >= 15 is 0 Å². The molecule has 0 radical (unpaired) electrons. The molecule has 4 nitrogen and oxygen atoms in total. The van der Waals surface area contributed by atoms with Crippen LogP contribution in [-0.4, -0.2) is 10.1 Å². The summed E-state index contributed by atoms with van der Waals surface area (Å²) in [6.45, 7) is 0.573. The van der Waals surface area contributed by atoms with E-state index in [0.717, 1.165) is 10.9 Å². The first-order chi connectivity index (χ1) is 6.34. The second-order valence-corrected chi connectivity index (χ2v) is 3.55. The zero-order valence-electron chi connectivity index (χ0n) is 6.53. The first kappa shape index (κ1) is 8.52. The molecule has 0 atom stereocenters. The number of halogens is 1. The van der Waals surface area contributed by atoms with Crippen molar-refractivity contribution in [2.45, 2.75) is 6.54 Å². The maximum Gasteiger partial charge on any atom is 0.184 e. The summed E-state index contributed by atoms with van der Waals surface area (Å²) in [7, 11) is 0. The number of nitrogens with zero attached hydrogens (tertiary/aromatic N) is 2. The van der Waals surface area contributed by atoms with Gasteiger partial charge in [-0.2, -0.15) is 0 Å². The summed E-state index contributed by atoms with van der Waals surface area (Å²) >= 11 is 7.10. The Morgan fingerprint density at radius 1 is 1.62 bits per heavy atom. The number of nitrogens with one attached hydrogen (secondary N) is 1. The van der Waals surface area contributed by atoms with Crippen molar-refractivity contribution in [3.63, 3.8) is 0 Å². The van der Waals surface area contributed by atoms with Gasteiger partial charge < -0.3 is 9.84 Å². The van der Waals surface area contributed by atoms with Gasteiger partial charge in [-0.3, -0.25) is 0 Å². The van der Waals surface area contributed by atoms with Crippen LogP contribution in [0.5, 0.6) is 0 Å². The van der Waals surface area contributed by atoms with E-state index in [0.29, 0.717) is 11.7 Å². The molecule has 6 heteroatoms. The average Bonchev–Trinajstić information content (AvgIpc) is 2.71. The minimum absolute atomic E-state index is 0.505. The molecule has 1 N–H and O–H groups in total. The van der Waals surface area contributed by atoms with E-state index in [1.807, 2.05) is 0 Å². The molecule has 0 aromatic carbocycles. The first-order valence-corrected chi connectivity index (χ1v) is 4.85. The number of hydrogen-bond donors (Lipinski definition) is 1. The van der Waals surface area contributed by atoms with Gasteiger partial charge >= 0.3 is 0 Å². The molecule has 13 heavy (non-hydrogen) atoms. The van der Waals surface area contributed by atoms with Crippen LogP contribution < -0.4 is 5.32 Å². The number of hydrogen-bond acceptors (Lipinski definition) is 5. The molecule has 0 aliphatic carbocycles. The zero-order chi connectivity index (χ0) is 9.10. The van der Waals surface area contributed by atoms with Gasteiger partial charge in [0.05, 0.1) is 12.7 Å². The Morgan fingerprint density at radius 2 is 2.54 bits per heavy atom. The molecule has 2 aromatic rings. The molecule has 0 fully saturated rings. The zero-order valence-corrected chi connectivity index (χ0v) is 8.10. The fourth-order valence-corrected chi connectivity index (χ4v) is 1.67. The highest BCUT2D eigenvalue weighted by atomic mass is 35.5. The van der Waals surface area contributed by atoms with Gasteiger partial charge in [0.25, 0.3) is 0 Å². The van der Waals surface area contributed by atoms with Crippen molar-refractivity contribution >= 4 is 28.1 Å². The predicted molar refractivity (Wildman–Crippen MR) is 51.0 cm³/mol. The molecule has 0 unspecified atom stereocenters. The lowest BCUT2D eigenvalue weighted by molar-refractivity contribution is 0.388. The molecule has 0 aliphatic rings. The second-order valence-electron chi connectivity index (χ2n) is 2.31. The van der Waals surface area contributed by atoms with Crippen LogP contribution in [0.2, 0.25) is 5.15 Å². The Balaban J connectivity index is 1.93. The summed E-state index contributed by atoms with van der Waals surface area (Å²) in [5.74, 6) is 0.770. The smallest absolute Gasteiger partial charge is 0.184 e. The van der Waals surface area contributed by atoms with Crippen molar-refractivity contribution in [2.24, 2.45) is 0 Å². The van der Waals surface area contributed by atoms with Gasteiger partial charge in [-0.05, 0) is 0 Å². The van der Waals surface area contributed by atoms with E-state index in [4.69, 9.17) is 16.1 Å². The van der Waals surface area contributed by atoms with Crippen LogP contribution in [-0.2, 0) is 6.54 Å². The fourth-order valence-electron chi connectivity index (χ4n) is 0.831. The van der Waals surface area contributed by atoms with E-state index < -0.39 is 0 Å². The molecule has 2 aromatic heterocycles. The molecule has 0 saturated carbocycles. The minimum atomic E-state index is 0.505. The summed E-state index contributed by atoms with van der Waals surface area (Å²) in [6.07, 6.45) is 1.60. The molecular formula is C7H6ClN3OS. The molecule has 0 aliphatic heterocycles. The maximum absolute atomic E-state index is 5.64. The Morgan fingerprint density at radius 3 is 3.15 bits per heavy atom. The molecule has 2 rings (SSSR count). The SMILES string of the molecule is Clc1csc(NCc2ccno2)n1. The highest BCUT2D eigenvalue weighted by Gasteiger charge is 2.00. The lowest BCUT2D eigenvalue weighted by Crippen LogP contribution is -1.96. The molecule has 0 bridgehead atoms. The van der Waals surface area contributed by atoms with Gasteiger partial charge in [0.2, 0.25) is 0 Å². The number of aromatic nitrogens is 2. The van der Waals surface area contributed by atoms with E-state index in [-0.39, 0.29) is 0 Å². The van der Waals surface area contributed by atoms with Crippen LogP contribution in [0, 0.1) is 0 Å². The molecule has 0 spiro atoms. The summed E-state index contributed by atoms with van der Waals surface area (Å²) in [4.78, 5) is 4.02. The van der Waals surface area contributed by atoms with Gasteiger partial charge in [-0.25, -0.2) is 4.98 Å². The van der Waals surface area contributed by atoms with Crippen LogP contribution >= 0.6 is 22.9 Å². The quantitative estimate of drug-likeness (QED) is 0.854. The van der Waals surface area contributed by atoms with E-state index in [1.54, 1.807) is 17.6 Å². The first-order valence-electron chi connectivity index (χ1n) is 3.59. The van der Waals surface area contributed by atoms with Crippen LogP contribution in [0.15, 0.2) is 22.2 Å². The van der Waals surface area contributed by atoms with Crippen LogP contribution in [0.25, 0.3) is 0 Å². The van der Waals surface area contributed by atoms with Crippen molar-refractivity contribution in [3.05, 3.63) is 28.6 Å². The molecule has 0 amide bonds. The van der Waals surface area contributed by atoms with Crippen LogP contribution in [0.3, 0.4) is 0 Å². The third kappa shape index (κ3) is 2.19. The summed E-state index contributed by atoms with van der Waals surface area (Å²) in [5.41, 5.74) is 0. The number of thiazole rings is 1. The lowest BCUT2D eigenvalue weighted by atomic mass is 10.5. The van der Waals surface area contributed by atoms with E-state index in [1.165, 1.54) is 11.3 Å². The lowest BCUT2D eigenvalue weighted by Gasteiger charge is -1.96. The molecule has 68 valence electrons. The van der Waals surface area contributed by atoms with Crippen molar-refractivity contribution in [3.8, 4) is 0 Å². The fraction of sp³-hybridized carbons (Fsp3) is 0.143. The van der Waals surface area contributed by atoms with E-state index in [9.17, 15) is 0 Å². The Hall–Kier alpha value is -1.07. The van der Waals surface area contributed by atoms with Crippen molar-refractivity contribution in [1.29, 1.82) is 0 Å². The molecule has 2 heterocycles. The van der Waals surface area contributed by atoms with Crippen LogP contribution in [0.1, 0.15) is 5.76 Å². The second kappa shape index (κ2) is 3.76. The number of rotatable bonds is 3. The topological polar surface area (TPSA) is 51.0 Å². The normalized spacial score (nSPS) is 10.2. The summed E-state index contributed by atoms with van der Waals surface area (Å²) in [6, 6.07) is 1.79. The standard InChI is InChI=1S/C7H6ClN3OS/c8-6-4-13-7(11-6)9-3-5-1-2-10-12-5/h1-2,4H,3H2,(H,9,11). The summed E-state index contributed by atoms with van der Waals surface area (Å²) < 4.78 is 4.89. The van der Waals surface area contributed by atoms with Crippen LogP contribution in [0.4, 0.5) is 5.13 Å². The Bertz CT molecular complexity index is 373. The average molecular weight is 216 g/mol. The largest absolute Gasteiger partial charge is 0.360 e. The van der Waals surface area contributed by atoms with Crippen molar-refractivity contribution in [1.82, 2.24) is 10.1 Å². The third-order valence-electron chi connectivity index (χ3n) is 1.38. The minimum Gasteiger partial charge on any atom is -0.360 e. The Labute approximate surface area is 83.5 Å². The van der Waals surface area contributed by atoms with Gasteiger partial charge in [-0.15, -0.1) is 11.3 Å². The van der Waals surface area contributed by atoms with Gasteiger partial charge in [0.15, 0.2) is 10.9 Å². The monoisotopic (exact) mass is 215 g/mol. The highest BCUT2D eigenvalue weighted by molar-refractivity contribution is 7.14. The van der Waals surface area contributed by atoms with E-state index in [2.05, 4.69) is 15.5 Å². The Kier molecular flexibility index (Phi) is 2.47. The molecular weight excluding hydrogens is 210 g/mol. The molecule has 0 saturated heterocycles. The summed E-state index contributed by atoms with van der Waals surface area (Å²) in [5, 5.41) is 9.69. The van der Waals surface area contributed by atoms with Crippen molar-refractivity contribution in [2.75, 3.05) is 5.32 Å².